The molecule has 31 heavy (non-hydrogen) atoms. The Kier molecular flexibility index (Phi) is 9.77. The zero-order chi connectivity index (χ0) is 22.7. The zero-order valence-corrected chi connectivity index (χ0v) is 19.1. The Morgan fingerprint density at radius 1 is 1.00 bits per heavy atom. The van der Waals surface area contributed by atoms with Gasteiger partial charge in [0.15, 0.2) is 11.5 Å². The Morgan fingerprint density at radius 2 is 1.71 bits per heavy atom. The lowest BCUT2D eigenvalue weighted by Crippen LogP contribution is -2.32. The Balaban J connectivity index is 1.68. The summed E-state index contributed by atoms with van der Waals surface area (Å²) in [7, 11) is 1.20. The van der Waals surface area contributed by atoms with Crippen molar-refractivity contribution >= 4 is 15.9 Å². The van der Waals surface area contributed by atoms with Crippen LogP contribution in [0.3, 0.4) is 0 Å². The van der Waals surface area contributed by atoms with E-state index >= 15 is 0 Å². The van der Waals surface area contributed by atoms with Crippen molar-refractivity contribution in [3.8, 4) is 11.5 Å². The first-order chi connectivity index (χ1) is 14.9. The van der Waals surface area contributed by atoms with E-state index in [9.17, 15) is 13.2 Å². The SMILES string of the molecule is COc1ccc(S(=O)(=O)NCCC(=O)NCCCN(C)Cc2ccccc2)cc1OC. The number of hydrogen-bond acceptors (Lipinski definition) is 6. The average Bonchev–Trinajstić information content (AvgIpc) is 2.76. The molecule has 0 saturated carbocycles. The molecule has 2 N–H and O–H groups in total. The summed E-state index contributed by atoms with van der Waals surface area (Å²) in [5, 5.41) is 2.82. The number of nitrogens with zero attached hydrogens (tertiary/aromatic N) is 1. The number of rotatable bonds is 13. The number of hydrogen-bond donors (Lipinski definition) is 2. The number of carbonyl (C=O) groups is 1. The van der Waals surface area contributed by atoms with Crippen molar-refractivity contribution in [2.24, 2.45) is 0 Å². The molecule has 0 radical (unpaired) electrons. The van der Waals surface area contributed by atoms with Gasteiger partial charge in [-0.15, -0.1) is 0 Å². The molecule has 0 spiro atoms. The minimum Gasteiger partial charge on any atom is -0.493 e. The van der Waals surface area contributed by atoms with E-state index in [4.69, 9.17) is 9.47 Å². The molecule has 0 aliphatic carbocycles. The van der Waals surface area contributed by atoms with Crippen molar-refractivity contribution in [1.29, 1.82) is 0 Å². The molecule has 0 saturated heterocycles. The topological polar surface area (TPSA) is 97.0 Å². The average molecular weight is 450 g/mol. The van der Waals surface area contributed by atoms with E-state index in [0.717, 1.165) is 19.5 Å². The van der Waals surface area contributed by atoms with Crippen LogP contribution in [0.4, 0.5) is 0 Å². The molecule has 1 amide bonds. The molecule has 9 heteroatoms. The van der Waals surface area contributed by atoms with Crippen molar-refractivity contribution in [2.45, 2.75) is 24.3 Å². The first kappa shape index (κ1) is 24.6. The van der Waals surface area contributed by atoms with Crippen LogP contribution in [0.1, 0.15) is 18.4 Å². The fraction of sp³-hybridized carbons (Fsp3) is 0.409. The molecule has 2 aromatic rings. The highest BCUT2D eigenvalue weighted by Gasteiger charge is 2.17. The van der Waals surface area contributed by atoms with E-state index < -0.39 is 10.0 Å². The van der Waals surface area contributed by atoms with Gasteiger partial charge in [-0.05, 0) is 37.7 Å². The molecule has 170 valence electrons. The summed E-state index contributed by atoms with van der Waals surface area (Å²) in [6.45, 7) is 2.25. The monoisotopic (exact) mass is 449 g/mol. The van der Waals surface area contributed by atoms with E-state index in [0.29, 0.717) is 18.0 Å². The molecular weight excluding hydrogens is 418 g/mol. The lowest BCUT2D eigenvalue weighted by molar-refractivity contribution is -0.120. The number of ether oxygens (including phenoxy) is 2. The quantitative estimate of drug-likeness (QED) is 0.454. The summed E-state index contributed by atoms with van der Waals surface area (Å²) in [4.78, 5) is 14.2. The van der Waals surface area contributed by atoms with Gasteiger partial charge in [0, 0.05) is 32.1 Å². The summed E-state index contributed by atoms with van der Waals surface area (Å²) in [6, 6.07) is 14.5. The van der Waals surface area contributed by atoms with Crippen molar-refractivity contribution in [3.63, 3.8) is 0 Å². The lowest BCUT2D eigenvalue weighted by atomic mass is 10.2. The van der Waals surface area contributed by atoms with E-state index in [-0.39, 0.29) is 23.8 Å². The van der Waals surface area contributed by atoms with Gasteiger partial charge in [0.2, 0.25) is 15.9 Å². The van der Waals surface area contributed by atoms with Gasteiger partial charge >= 0.3 is 0 Å². The maximum absolute atomic E-state index is 12.4. The fourth-order valence-corrected chi connectivity index (χ4v) is 4.05. The van der Waals surface area contributed by atoms with Gasteiger partial charge in [0.05, 0.1) is 19.1 Å². The van der Waals surface area contributed by atoms with Crippen molar-refractivity contribution in [2.75, 3.05) is 40.9 Å². The third kappa shape index (κ3) is 8.20. The van der Waals surface area contributed by atoms with Gasteiger partial charge < -0.3 is 19.7 Å². The largest absolute Gasteiger partial charge is 0.493 e. The highest BCUT2D eigenvalue weighted by molar-refractivity contribution is 7.89. The Bertz CT molecular complexity index is 935. The predicted octanol–water partition coefficient (Wildman–Crippen LogP) is 2.01. The van der Waals surface area contributed by atoms with E-state index in [1.807, 2.05) is 25.2 Å². The smallest absolute Gasteiger partial charge is 0.240 e. The third-order valence-electron chi connectivity index (χ3n) is 4.64. The molecule has 0 heterocycles. The van der Waals surface area contributed by atoms with E-state index in [1.165, 1.54) is 38.0 Å². The minimum atomic E-state index is -3.75. The van der Waals surface area contributed by atoms with Gasteiger partial charge in [-0.1, -0.05) is 30.3 Å². The highest BCUT2D eigenvalue weighted by atomic mass is 32.2. The molecule has 0 aromatic heterocycles. The van der Waals surface area contributed by atoms with E-state index in [2.05, 4.69) is 27.1 Å². The van der Waals surface area contributed by atoms with Crippen LogP contribution in [0.15, 0.2) is 53.4 Å². The van der Waals surface area contributed by atoms with Crippen molar-refractivity contribution in [3.05, 3.63) is 54.1 Å². The number of carbonyl (C=O) groups excluding carboxylic acids is 1. The number of benzene rings is 2. The normalized spacial score (nSPS) is 11.4. The second-order valence-electron chi connectivity index (χ2n) is 7.09. The molecule has 8 nitrogen and oxygen atoms in total. The van der Waals surface area contributed by atoms with Crippen LogP contribution in [0.25, 0.3) is 0 Å². The van der Waals surface area contributed by atoms with Crippen LogP contribution in [0, 0.1) is 0 Å². The molecule has 2 aromatic carbocycles. The van der Waals surface area contributed by atoms with Crippen LogP contribution < -0.4 is 19.5 Å². The van der Waals surface area contributed by atoms with Gasteiger partial charge in [-0.2, -0.15) is 0 Å². The Labute approximate surface area is 184 Å². The number of methoxy groups -OCH3 is 2. The predicted molar refractivity (Wildman–Crippen MR) is 120 cm³/mol. The van der Waals surface area contributed by atoms with Crippen molar-refractivity contribution in [1.82, 2.24) is 14.9 Å². The lowest BCUT2D eigenvalue weighted by Gasteiger charge is -2.16. The van der Waals surface area contributed by atoms with Crippen LogP contribution in [0.5, 0.6) is 11.5 Å². The van der Waals surface area contributed by atoms with Crippen molar-refractivity contribution < 1.29 is 22.7 Å². The summed E-state index contributed by atoms with van der Waals surface area (Å²) in [5.74, 6) is 0.566. The molecule has 0 aliphatic heterocycles. The van der Waals surface area contributed by atoms with Gasteiger partial charge in [-0.3, -0.25) is 4.79 Å². The van der Waals surface area contributed by atoms with Gasteiger partial charge in [-0.25, -0.2) is 13.1 Å². The Hall–Kier alpha value is -2.62. The molecule has 0 aliphatic rings. The standard InChI is InChI=1S/C22H31N3O5S/c1-25(17-18-8-5-4-6-9-18)15-7-13-23-22(26)12-14-24-31(27,28)19-10-11-20(29-2)21(16-19)30-3/h4-6,8-11,16,24H,7,12-15,17H2,1-3H3,(H,23,26). The minimum absolute atomic E-state index is 0.0103. The number of nitrogens with one attached hydrogen (secondary N) is 2. The summed E-state index contributed by atoms with van der Waals surface area (Å²) in [5.41, 5.74) is 1.25. The number of sulfonamides is 1. The second-order valence-corrected chi connectivity index (χ2v) is 8.86. The van der Waals surface area contributed by atoms with Gasteiger partial charge in [0.25, 0.3) is 0 Å². The summed E-state index contributed by atoms with van der Waals surface area (Å²) in [6.07, 6.45) is 0.874. The van der Waals surface area contributed by atoms with Gasteiger partial charge in [0.1, 0.15) is 0 Å². The van der Waals surface area contributed by atoms with Crippen LogP contribution >= 0.6 is 0 Å². The number of amides is 1. The Morgan fingerprint density at radius 3 is 2.39 bits per heavy atom. The maximum atomic E-state index is 12.4. The molecule has 2 rings (SSSR count). The molecule has 0 atom stereocenters. The first-order valence-electron chi connectivity index (χ1n) is 10.1. The third-order valence-corrected chi connectivity index (χ3v) is 6.10. The second kappa shape index (κ2) is 12.3. The highest BCUT2D eigenvalue weighted by Crippen LogP contribution is 2.29. The van der Waals surface area contributed by atoms with Crippen LogP contribution in [-0.4, -0.2) is 60.1 Å². The molecule has 0 fully saturated rings. The maximum Gasteiger partial charge on any atom is 0.240 e. The first-order valence-corrected chi connectivity index (χ1v) is 11.5. The fourth-order valence-electron chi connectivity index (χ4n) is 3.01. The zero-order valence-electron chi connectivity index (χ0n) is 18.3. The summed E-state index contributed by atoms with van der Waals surface area (Å²) < 4.78 is 37.5. The van der Waals surface area contributed by atoms with Crippen LogP contribution in [0.2, 0.25) is 0 Å². The summed E-state index contributed by atoms with van der Waals surface area (Å²) >= 11 is 0. The molecule has 0 bridgehead atoms. The van der Waals surface area contributed by atoms with E-state index in [1.54, 1.807) is 0 Å². The van der Waals surface area contributed by atoms with Crippen LogP contribution in [-0.2, 0) is 21.4 Å². The molecular formula is C22H31N3O5S. The molecule has 0 unspecified atom stereocenters.